The van der Waals surface area contributed by atoms with Crippen molar-refractivity contribution in [1.82, 2.24) is 0 Å². The van der Waals surface area contributed by atoms with Crippen molar-refractivity contribution in [3.8, 4) is 0 Å². The Kier molecular flexibility index (Phi) is 7.36. The summed E-state index contributed by atoms with van der Waals surface area (Å²) in [6, 6.07) is 0. The molecule has 0 amide bonds. The lowest BCUT2D eigenvalue weighted by molar-refractivity contribution is -0.224. The molecule has 0 aromatic heterocycles. The van der Waals surface area contributed by atoms with Gasteiger partial charge in [-0.2, -0.15) is 0 Å². The third kappa shape index (κ3) is 4.02. The maximum atomic E-state index is 12.7. The Bertz CT molecular complexity index is 571. The molecule has 2 saturated carbocycles. The summed E-state index contributed by atoms with van der Waals surface area (Å²) >= 11 is 0. The molecule has 2 aliphatic carbocycles. The second kappa shape index (κ2) is 8.83. The molecule has 6 unspecified atom stereocenters. The first-order valence-electron chi connectivity index (χ1n) is 11.1. The van der Waals surface area contributed by atoms with E-state index in [-0.39, 0.29) is 47.6 Å². The second-order valence-corrected chi connectivity index (χ2v) is 9.89. The summed E-state index contributed by atoms with van der Waals surface area (Å²) in [5, 5.41) is 11.0. The van der Waals surface area contributed by atoms with Crippen molar-refractivity contribution in [2.24, 2.45) is 34.5 Å². The van der Waals surface area contributed by atoms with E-state index in [1.165, 1.54) is 0 Å². The molecular weight excluding hydrogens is 356 g/mol. The van der Waals surface area contributed by atoms with Gasteiger partial charge in [0.05, 0.1) is 12.7 Å². The number of carbonyl (C=O) groups excluding carboxylic acids is 2. The number of aliphatic hydroxyl groups is 1. The lowest BCUT2D eigenvalue weighted by atomic mass is 9.68. The third-order valence-electron chi connectivity index (χ3n) is 7.40. The molecule has 162 valence electrons. The topological polar surface area (TPSA) is 72.8 Å². The number of ketones is 1. The average molecular weight is 397 g/mol. The van der Waals surface area contributed by atoms with Crippen LogP contribution in [0.25, 0.3) is 0 Å². The molecule has 2 aliphatic rings. The van der Waals surface area contributed by atoms with Gasteiger partial charge >= 0.3 is 5.97 Å². The quantitative estimate of drug-likeness (QED) is 0.337. The number of aliphatic hydroxyl groups excluding tert-OH is 1. The maximum Gasteiger partial charge on any atom is 0.319 e. The van der Waals surface area contributed by atoms with Gasteiger partial charge in [-0.25, -0.2) is 0 Å². The molecule has 0 radical (unpaired) electrons. The van der Waals surface area contributed by atoms with Crippen LogP contribution < -0.4 is 0 Å². The Balaban J connectivity index is 2.14. The summed E-state index contributed by atoms with van der Waals surface area (Å²) in [6.07, 6.45) is 2.20. The van der Waals surface area contributed by atoms with Crippen LogP contribution in [0.5, 0.6) is 0 Å². The maximum absolute atomic E-state index is 12.7. The summed E-state index contributed by atoms with van der Waals surface area (Å²) in [5.74, 6) is 0.448. The minimum atomic E-state index is -1.00. The molecule has 6 atom stereocenters. The van der Waals surface area contributed by atoms with Crippen LogP contribution in [0.3, 0.4) is 0 Å². The van der Waals surface area contributed by atoms with Crippen LogP contribution in [0.1, 0.15) is 80.6 Å². The Labute approximate surface area is 170 Å². The molecule has 0 aromatic rings. The van der Waals surface area contributed by atoms with E-state index in [1.54, 1.807) is 6.92 Å². The van der Waals surface area contributed by atoms with Gasteiger partial charge in [0, 0.05) is 11.8 Å². The smallest absolute Gasteiger partial charge is 0.319 e. The van der Waals surface area contributed by atoms with Crippen LogP contribution in [0.4, 0.5) is 0 Å². The molecule has 0 spiro atoms. The molecule has 0 aromatic carbocycles. The van der Waals surface area contributed by atoms with Gasteiger partial charge in [0.15, 0.2) is 6.29 Å². The van der Waals surface area contributed by atoms with E-state index < -0.39 is 11.7 Å². The minimum absolute atomic E-state index is 0.00993. The second-order valence-electron chi connectivity index (χ2n) is 9.89. The minimum Gasteiger partial charge on any atom is -0.465 e. The van der Waals surface area contributed by atoms with Crippen molar-refractivity contribution in [3.05, 3.63) is 0 Å². The SMILES string of the molecule is CCOC(=O)C1(C(=O)CC)CC2CC1CC2OC(O)C(C)(CC(C)C)C(C)C. The van der Waals surface area contributed by atoms with Crippen LogP contribution in [-0.4, -0.2) is 35.9 Å². The van der Waals surface area contributed by atoms with Crippen LogP contribution in [0, 0.1) is 34.5 Å². The van der Waals surface area contributed by atoms with Crippen LogP contribution in [-0.2, 0) is 19.1 Å². The third-order valence-corrected chi connectivity index (χ3v) is 7.40. The lowest BCUT2D eigenvalue weighted by Crippen LogP contribution is -2.49. The number of carbonyl (C=O) groups is 2. The first-order valence-corrected chi connectivity index (χ1v) is 11.1. The molecule has 0 heterocycles. The zero-order chi connectivity index (χ0) is 21.3. The number of ether oxygens (including phenoxy) is 2. The molecule has 2 bridgehead atoms. The molecule has 1 N–H and O–H groups in total. The van der Waals surface area contributed by atoms with Gasteiger partial charge in [0.25, 0.3) is 0 Å². The number of hydrogen-bond donors (Lipinski definition) is 1. The van der Waals surface area contributed by atoms with E-state index in [9.17, 15) is 14.7 Å². The van der Waals surface area contributed by atoms with Gasteiger partial charge in [-0.05, 0) is 56.3 Å². The number of hydrogen-bond acceptors (Lipinski definition) is 5. The van der Waals surface area contributed by atoms with Crippen molar-refractivity contribution < 1.29 is 24.2 Å². The van der Waals surface area contributed by atoms with Crippen molar-refractivity contribution in [1.29, 1.82) is 0 Å². The van der Waals surface area contributed by atoms with E-state index in [2.05, 4.69) is 34.6 Å². The van der Waals surface area contributed by atoms with Crippen LogP contribution in [0.2, 0.25) is 0 Å². The standard InChI is InChI=1S/C23H40O5/c1-8-19(24)23(21(26)27-9-2)13-16-10-17(23)11-18(16)28-20(25)22(7,15(5)6)12-14(3)4/h14-18,20,25H,8-13H2,1-7H3. The van der Waals surface area contributed by atoms with E-state index in [1.807, 2.05) is 6.92 Å². The predicted molar refractivity (Wildman–Crippen MR) is 108 cm³/mol. The molecule has 28 heavy (non-hydrogen) atoms. The Hall–Kier alpha value is -0.940. The first-order chi connectivity index (χ1) is 13.0. The van der Waals surface area contributed by atoms with Gasteiger partial charge in [-0.3, -0.25) is 9.59 Å². The van der Waals surface area contributed by atoms with Gasteiger partial charge < -0.3 is 14.6 Å². The molecule has 2 fully saturated rings. The number of fused-ring (bicyclic) bond motifs is 2. The zero-order valence-electron chi connectivity index (χ0n) is 18.8. The first kappa shape index (κ1) is 23.3. The highest BCUT2D eigenvalue weighted by molar-refractivity contribution is 6.04. The van der Waals surface area contributed by atoms with Gasteiger partial charge in [-0.15, -0.1) is 0 Å². The summed E-state index contributed by atoms with van der Waals surface area (Å²) < 4.78 is 11.5. The Morgan fingerprint density at radius 3 is 2.25 bits per heavy atom. The highest BCUT2D eigenvalue weighted by Gasteiger charge is 2.63. The summed E-state index contributed by atoms with van der Waals surface area (Å²) in [4.78, 5) is 25.5. The molecule has 0 aliphatic heterocycles. The summed E-state index contributed by atoms with van der Waals surface area (Å²) in [7, 11) is 0. The largest absolute Gasteiger partial charge is 0.465 e. The van der Waals surface area contributed by atoms with E-state index >= 15 is 0 Å². The zero-order valence-corrected chi connectivity index (χ0v) is 18.8. The van der Waals surface area contributed by atoms with Crippen molar-refractivity contribution in [2.75, 3.05) is 6.61 Å². The molecule has 5 heteroatoms. The number of rotatable bonds is 10. The normalized spacial score (nSPS) is 32.6. The van der Waals surface area contributed by atoms with E-state index in [4.69, 9.17) is 9.47 Å². The number of esters is 1. The summed E-state index contributed by atoms with van der Waals surface area (Å²) in [6.45, 7) is 14.5. The predicted octanol–water partition coefficient (Wildman–Crippen LogP) is 4.36. The fourth-order valence-corrected chi connectivity index (χ4v) is 5.55. The van der Waals surface area contributed by atoms with Crippen molar-refractivity contribution in [3.63, 3.8) is 0 Å². The highest BCUT2D eigenvalue weighted by atomic mass is 16.6. The molecule has 0 saturated heterocycles. The van der Waals surface area contributed by atoms with Crippen LogP contribution in [0.15, 0.2) is 0 Å². The average Bonchev–Trinajstić information content (AvgIpc) is 3.18. The monoisotopic (exact) mass is 396 g/mol. The van der Waals surface area contributed by atoms with Crippen molar-refractivity contribution in [2.45, 2.75) is 93.0 Å². The molecule has 2 rings (SSSR count). The van der Waals surface area contributed by atoms with Crippen molar-refractivity contribution >= 4 is 11.8 Å². The van der Waals surface area contributed by atoms with E-state index in [0.29, 0.717) is 25.2 Å². The van der Waals surface area contributed by atoms with E-state index in [0.717, 1.165) is 12.8 Å². The summed E-state index contributed by atoms with van der Waals surface area (Å²) in [5.41, 5.74) is -1.33. The van der Waals surface area contributed by atoms with Gasteiger partial charge in [-0.1, -0.05) is 41.5 Å². The molecule has 5 nitrogen and oxygen atoms in total. The van der Waals surface area contributed by atoms with Crippen LogP contribution >= 0.6 is 0 Å². The number of Topliss-reactive ketones (excluding diaryl/α,β-unsaturated/α-hetero) is 1. The highest BCUT2D eigenvalue weighted by Crippen LogP contribution is 2.58. The van der Waals surface area contributed by atoms with Gasteiger partial charge in [0.2, 0.25) is 0 Å². The van der Waals surface area contributed by atoms with Gasteiger partial charge in [0.1, 0.15) is 11.2 Å². The fraction of sp³-hybridized carbons (Fsp3) is 0.913. The molecular formula is C23H40O5. The Morgan fingerprint density at radius 2 is 1.82 bits per heavy atom. The Morgan fingerprint density at radius 1 is 1.18 bits per heavy atom. The fourth-order valence-electron chi connectivity index (χ4n) is 5.55. The lowest BCUT2D eigenvalue weighted by Gasteiger charge is -2.42.